The Balaban J connectivity index is 2.24. The molecule has 0 amide bonds. The molecule has 1 aromatic heterocycles. The van der Waals surface area contributed by atoms with E-state index in [1.807, 2.05) is 43.1 Å². The molecular formula is C12H15N3OS. The van der Waals surface area contributed by atoms with Gasteiger partial charge in [-0.1, -0.05) is 24.4 Å². The predicted octanol–water partition coefficient (Wildman–Crippen LogP) is 2.33. The Kier molecular flexibility index (Phi) is 3.28. The number of benzene rings is 1. The third-order valence-electron chi connectivity index (χ3n) is 2.74. The predicted molar refractivity (Wildman–Crippen MR) is 73.3 cm³/mol. The molecule has 0 aliphatic heterocycles. The van der Waals surface area contributed by atoms with Gasteiger partial charge in [-0.15, -0.1) is 0 Å². The molecule has 0 saturated carbocycles. The zero-order valence-electron chi connectivity index (χ0n) is 9.88. The number of hydrogen-bond acceptors (Lipinski definition) is 4. The first-order valence-corrected chi connectivity index (χ1v) is 5.85. The zero-order chi connectivity index (χ0) is 12.4. The summed E-state index contributed by atoms with van der Waals surface area (Å²) in [6.07, 6.45) is 0.643. The second kappa shape index (κ2) is 4.71. The second-order valence-corrected chi connectivity index (χ2v) is 4.62. The van der Waals surface area contributed by atoms with E-state index in [1.165, 1.54) is 0 Å². The minimum atomic E-state index is 0.167. The summed E-state index contributed by atoms with van der Waals surface area (Å²) in [5.74, 6) is 0. The lowest BCUT2D eigenvalue weighted by atomic mass is 10.2. The Morgan fingerprint density at radius 3 is 2.88 bits per heavy atom. The first kappa shape index (κ1) is 11.9. The molecule has 1 aromatic carbocycles. The molecule has 0 bridgehead atoms. The molecule has 0 radical (unpaired) electrons. The van der Waals surface area contributed by atoms with Gasteiger partial charge in [0.2, 0.25) is 0 Å². The van der Waals surface area contributed by atoms with Crippen molar-refractivity contribution >= 4 is 34.3 Å². The number of rotatable bonds is 4. The summed E-state index contributed by atoms with van der Waals surface area (Å²) >= 11 is 4.91. The fraction of sp³-hybridized carbons (Fsp3) is 0.333. The van der Waals surface area contributed by atoms with Crippen molar-refractivity contribution in [2.75, 3.05) is 11.9 Å². The molecule has 2 rings (SSSR count). The van der Waals surface area contributed by atoms with Gasteiger partial charge in [0.25, 0.3) is 6.01 Å². The molecule has 2 N–H and O–H groups in total. The summed E-state index contributed by atoms with van der Waals surface area (Å²) in [4.78, 5) is 6.86. The number of nitrogens with two attached hydrogens (primary N) is 1. The van der Waals surface area contributed by atoms with E-state index >= 15 is 0 Å². The number of oxazole rings is 1. The van der Waals surface area contributed by atoms with Crippen molar-refractivity contribution in [1.82, 2.24) is 4.98 Å². The first-order valence-electron chi connectivity index (χ1n) is 5.44. The topological polar surface area (TPSA) is 55.3 Å². The van der Waals surface area contributed by atoms with Crippen LogP contribution in [0.3, 0.4) is 0 Å². The lowest BCUT2D eigenvalue weighted by Crippen LogP contribution is -2.32. The molecule has 0 aliphatic carbocycles. The average Bonchev–Trinajstić information content (AvgIpc) is 2.70. The normalized spacial score (nSPS) is 12.6. The van der Waals surface area contributed by atoms with Gasteiger partial charge in [0.15, 0.2) is 5.58 Å². The number of para-hydroxylation sites is 2. The Morgan fingerprint density at radius 2 is 2.24 bits per heavy atom. The fourth-order valence-corrected chi connectivity index (χ4v) is 1.87. The van der Waals surface area contributed by atoms with E-state index in [1.54, 1.807) is 0 Å². The van der Waals surface area contributed by atoms with Crippen molar-refractivity contribution in [2.45, 2.75) is 19.4 Å². The largest absolute Gasteiger partial charge is 0.423 e. The highest BCUT2D eigenvalue weighted by Crippen LogP contribution is 2.22. The SMILES string of the molecule is CC(CC(N)=S)N(C)c1nc2ccccc2o1. The number of aromatic nitrogens is 1. The van der Waals surface area contributed by atoms with Crippen molar-refractivity contribution in [3.05, 3.63) is 24.3 Å². The van der Waals surface area contributed by atoms with Gasteiger partial charge in [-0.2, -0.15) is 4.98 Å². The van der Waals surface area contributed by atoms with Crippen LogP contribution in [0.1, 0.15) is 13.3 Å². The van der Waals surface area contributed by atoms with Gasteiger partial charge in [-0.3, -0.25) is 0 Å². The van der Waals surface area contributed by atoms with E-state index in [0.717, 1.165) is 11.1 Å². The molecule has 0 saturated heterocycles. The highest BCUT2D eigenvalue weighted by molar-refractivity contribution is 7.80. The zero-order valence-corrected chi connectivity index (χ0v) is 10.7. The Morgan fingerprint density at radius 1 is 1.53 bits per heavy atom. The third-order valence-corrected chi connectivity index (χ3v) is 2.91. The Bertz CT molecular complexity index is 504. The average molecular weight is 249 g/mol. The van der Waals surface area contributed by atoms with Crippen LogP contribution in [-0.2, 0) is 0 Å². The summed E-state index contributed by atoms with van der Waals surface area (Å²) in [5.41, 5.74) is 7.19. The van der Waals surface area contributed by atoms with Crippen molar-refractivity contribution in [3.8, 4) is 0 Å². The Hall–Kier alpha value is -1.62. The van der Waals surface area contributed by atoms with Crippen LogP contribution in [0.4, 0.5) is 6.01 Å². The van der Waals surface area contributed by atoms with Crippen LogP contribution in [0, 0.1) is 0 Å². The maximum atomic E-state index is 5.66. The van der Waals surface area contributed by atoms with Gasteiger partial charge in [-0.25, -0.2) is 0 Å². The third kappa shape index (κ3) is 2.55. The number of nitrogens with zero attached hydrogens (tertiary/aromatic N) is 2. The molecule has 1 atom stereocenters. The quantitative estimate of drug-likeness (QED) is 0.843. The highest BCUT2D eigenvalue weighted by Gasteiger charge is 2.16. The molecule has 0 aliphatic rings. The van der Waals surface area contributed by atoms with Gasteiger partial charge >= 0.3 is 0 Å². The van der Waals surface area contributed by atoms with Crippen LogP contribution < -0.4 is 10.6 Å². The van der Waals surface area contributed by atoms with Gasteiger partial charge in [0, 0.05) is 19.5 Å². The van der Waals surface area contributed by atoms with Gasteiger partial charge < -0.3 is 15.1 Å². The lowest BCUT2D eigenvalue weighted by molar-refractivity contribution is 0.554. The molecule has 2 aromatic rings. The summed E-state index contributed by atoms with van der Waals surface area (Å²) in [5, 5.41) is 0. The van der Waals surface area contributed by atoms with Gasteiger partial charge in [0.05, 0.1) is 4.99 Å². The van der Waals surface area contributed by atoms with Crippen LogP contribution in [0.2, 0.25) is 0 Å². The number of hydrogen-bond donors (Lipinski definition) is 1. The molecule has 0 spiro atoms. The molecule has 17 heavy (non-hydrogen) atoms. The molecular weight excluding hydrogens is 234 g/mol. The Labute approximate surface area is 105 Å². The number of fused-ring (bicyclic) bond motifs is 1. The first-order chi connectivity index (χ1) is 8.08. The van der Waals surface area contributed by atoms with Crippen molar-refractivity contribution in [1.29, 1.82) is 0 Å². The minimum Gasteiger partial charge on any atom is -0.423 e. The lowest BCUT2D eigenvalue weighted by Gasteiger charge is -2.22. The van der Waals surface area contributed by atoms with Gasteiger partial charge in [0.1, 0.15) is 5.52 Å². The number of thiocarbonyl (C=S) groups is 1. The van der Waals surface area contributed by atoms with E-state index < -0.39 is 0 Å². The van der Waals surface area contributed by atoms with E-state index in [0.29, 0.717) is 17.4 Å². The fourth-order valence-electron chi connectivity index (χ4n) is 1.63. The van der Waals surface area contributed by atoms with Crippen LogP contribution >= 0.6 is 12.2 Å². The summed E-state index contributed by atoms with van der Waals surface area (Å²) < 4.78 is 5.66. The van der Waals surface area contributed by atoms with Crippen LogP contribution in [0.5, 0.6) is 0 Å². The second-order valence-electron chi connectivity index (χ2n) is 4.09. The van der Waals surface area contributed by atoms with Crippen molar-refractivity contribution in [3.63, 3.8) is 0 Å². The molecule has 1 unspecified atom stereocenters. The summed E-state index contributed by atoms with van der Waals surface area (Å²) in [6, 6.07) is 8.45. The van der Waals surface area contributed by atoms with Crippen LogP contribution in [0.15, 0.2) is 28.7 Å². The van der Waals surface area contributed by atoms with Crippen molar-refractivity contribution in [2.24, 2.45) is 5.73 Å². The van der Waals surface area contributed by atoms with E-state index in [-0.39, 0.29) is 6.04 Å². The maximum Gasteiger partial charge on any atom is 0.298 e. The maximum absolute atomic E-state index is 5.66. The smallest absolute Gasteiger partial charge is 0.298 e. The summed E-state index contributed by atoms with van der Waals surface area (Å²) in [7, 11) is 1.92. The summed E-state index contributed by atoms with van der Waals surface area (Å²) in [6.45, 7) is 2.04. The molecule has 90 valence electrons. The molecule has 5 heteroatoms. The van der Waals surface area contributed by atoms with Gasteiger partial charge in [-0.05, 0) is 19.1 Å². The monoisotopic (exact) mass is 249 g/mol. The van der Waals surface area contributed by atoms with E-state index in [2.05, 4.69) is 4.98 Å². The van der Waals surface area contributed by atoms with E-state index in [4.69, 9.17) is 22.4 Å². The van der Waals surface area contributed by atoms with Crippen LogP contribution in [0.25, 0.3) is 11.1 Å². The highest BCUT2D eigenvalue weighted by atomic mass is 32.1. The number of anilines is 1. The molecule has 0 fully saturated rings. The van der Waals surface area contributed by atoms with E-state index in [9.17, 15) is 0 Å². The van der Waals surface area contributed by atoms with Crippen LogP contribution in [-0.4, -0.2) is 23.1 Å². The standard InChI is InChI=1S/C12H15N3OS/c1-8(7-11(13)17)15(2)12-14-9-5-3-4-6-10(9)16-12/h3-6,8H,7H2,1-2H3,(H2,13,17). The minimum absolute atomic E-state index is 0.167. The molecule has 1 heterocycles. The van der Waals surface area contributed by atoms with Crippen molar-refractivity contribution < 1.29 is 4.42 Å². The molecule has 4 nitrogen and oxygen atoms in total.